The normalized spacial score (nSPS) is 26.1. The molecule has 1 aromatic carbocycles. The monoisotopic (exact) mass is 175 g/mol. The molecule has 1 saturated carbocycles. The van der Waals surface area contributed by atoms with Crippen LogP contribution in [0.4, 0.5) is 0 Å². The number of nitrogens with two attached hydrogens (primary N) is 1. The van der Waals surface area contributed by atoms with Crippen LogP contribution in [0.2, 0.25) is 0 Å². The van der Waals surface area contributed by atoms with Gasteiger partial charge in [-0.25, -0.2) is 0 Å². The van der Waals surface area contributed by atoms with E-state index in [1.165, 1.54) is 23.1 Å². The summed E-state index contributed by atoms with van der Waals surface area (Å²) in [5.74, 6) is 1.50. The fraction of sp³-hybridized carbons (Fsp3) is 0.500. The Hall–Kier alpha value is -0.820. The highest BCUT2D eigenvalue weighted by Gasteiger charge is 2.37. The molecule has 0 saturated heterocycles. The quantitative estimate of drug-likeness (QED) is 0.733. The van der Waals surface area contributed by atoms with Crippen molar-refractivity contribution in [2.45, 2.75) is 26.2 Å². The lowest BCUT2D eigenvalue weighted by molar-refractivity contribution is 0.806. The van der Waals surface area contributed by atoms with E-state index in [1.54, 1.807) is 0 Å². The van der Waals surface area contributed by atoms with Crippen molar-refractivity contribution in [1.29, 1.82) is 0 Å². The van der Waals surface area contributed by atoms with Crippen molar-refractivity contribution in [2.75, 3.05) is 6.54 Å². The van der Waals surface area contributed by atoms with Gasteiger partial charge in [0.05, 0.1) is 0 Å². The third-order valence-electron chi connectivity index (χ3n) is 3.27. The van der Waals surface area contributed by atoms with Gasteiger partial charge in [-0.3, -0.25) is 0 Å². The number of rotatable bonds is 2. The molecule has 2 rings (SSSR count). The van der Waals surface area contributed by atoms with Crippen LogP contribution in [-0.4, -0.2) is 6.54 Å². The summed E-state index contributed by atoms with van der Waals surface area (Å²) in [7, 11) is 0. The van der Waals surface area contributed by atoms with E-state index in [4.69, 9.17) is 5.73 Å². The van der Waals surface area contributed by atoms with Gasteiger partial charge < -0.3 is 5.73 Å². The first-order valence-electron chi connectivity index (χ1n) is 5.00. The van der Waals surface area contributed by atoms with Gasteiger partial charge in [-0.2, -0.15) is 0 Å². The molecule has 1 fully saturated rings. The minimum atomic E-state index is 0.750. The molecule has 0 aromatic heterocycles. The molecule has 0 spiro atoms. The summed E-state index contributed by atoms with van der Waals surface area (Å²) in [5.41, 5.74) is 10.0. The molecule has 0 heterocycles. The molecule has 0 bridgehead atoms. The smallest absolute Gasteiger partial charge is 0.00428 e. The van der Waals surface area contributed by atoms with Gasteiger partial charge in [0, 0.05) is 0 Å². The zero-order valence-electron chi connectivity index (χ0n) is 8.38. The molecule has 0 unspecified atom stereocenters. The highest BCUT2D eigenvalue weighted by Crippen LogP contribution is 2.47. The minimum Gasteiger partial charge on any atom is -0.330 e. The average molecular weight is 175 g/mol. The third kappa shape index (κ3) is 1.49. The highest BCUT2D eigenvalue weighted by atomic mass is 14.6. The van der Waals surface area contributed by atoms with E-state index in [0.717, 1.165) is 18.4 Å². The maximum atomic E-state index is 5.65. The van der Waals surface area contributed by atoms with Crippen molar-refractivity contribution >= 4 is 0 Å². The lowest BCUT2D eigenvalue weighted by atomic mass is 9.99. The van der Waals surface area contributed by atoms with Crippen molar-refractivity contribution in [2.24, 2.45) is 11.7 Å². The minimum absolute atomic E-state index is 0.750. The van der Waals surface area contributed by atoms with Gasteiger partial charge in [0.2, 0.25) is 0 Å². The summed E-state index contributed by atoms with van der Waals surface area (Å²) in [6, 6.07) is 6.59. The second-order valence-electron chi connectivity index (χ2n) is 4.13. The lowest BCUT2D eigenvalue weighted by Crippen LogP contribution is -2.02. The number of hydrogen-bond acceptors (Lipinski definition) is 1. The molecule has 1 aliphatic rings. The largest absolute Gasteiger partial charge is 0.330 e. The fourth-order valence-electron chi connectivity index (χ4n) is 2.06. The zero-order chi connectivity index (χ0) is 9.42. The van der Waals surface area contributed by atoms with Crippen LogP contribution in [0, 0.1) is 19.8 Å². The van der Waals surface area contributed by atoms with Gasteiger partial charge in [-0.05, 0) is 55.3 Å². The maximum Gasteiger partial charge on any atom is -0.00428 e. The molecule has 1 aliphatic carbocycles. The fourth-order valence-corrected chi connectivity index (χ4v) is 2.06. The number of benzene rings is 1. The summed E-state index contributed by atoms with van der Waals surface area (Å²) in [4.78, 5) is 0. The van der Waals surface area contributed by atoms with Gasteiger partial charge in [0.15, 0.2) is 0 Å². The van der Waals surface area contributed by atoms with Crippen LogP contribution < -0.4 is 5.73 Å². The van der Waals surface area contributed by atoms with Crippen LogP contribution in [0.25, 0.3) is 0 Å². The molecule has 1 aromatic rings. The Morgan fingerprint density at radius 3 is 2.77 bits per heavy atom. The van der Waals surface area contributed by atoms with Crippen molar-refractivity contribution in [3.63, 3.8) is 0 Å². The number of aryl methyl sites for hydroxylation is 1. The average Bonchev–Trinajstić information content (AvgIpc) is 2.89. The highest BCUT2D eigenvalue weighted by molar-refractivity contribution is 5.38. The Balaban J connectivity index is 2.27. The van der Waals surface area contributed by atoms with Crippen LogP contribution in [0.5, 0.6) is 0 Å². The Kier molecular flexibility index (Phi) is 2.12. The van der Waals surface area contributed by atoms with Crippen molar-refractivity contribution in [3.05, 3.63) is 34.9 Å². The van der Waals surface area contributed by atoms with E-state index >= 15 is 0 Å². The Morgan fingerprint density at radius 1 is 1.38 bits per heavy atom. The van der Waals surface area contributed by atoms with Gasteiger partial charge in [0.1, 0.15) is 0 Å². The number of hydrogen-bond donors (Lipinski definition) is 1. The van der Waals surface area contributed by atoms with Gasteiger partial charge in [-0.1, -0.05) is 18.2 Å². The van der Waals surface area contributed by atoms with E-state index in [-0.39, 0.29) is 0 Å². The summed E-state index contributed by atoms with van der Waals surface area (Å²) >= 11 is 0. The molecule has 1 heteroatoms. The second-order valence-corrected chi connectivity index (χ2v) is 4.13. The van der Waals surface area contributed by atoms with Crippen LogP contribution in [-0.2, 0) is 0 Å². The van der Waals surface area contributed by atoms with Gasteiger partial charge >= 0.3 is 0 Å². The summed E-state index contributed by atoms with van der Waals surface area (Å²) < 4.78 is 0. The van der Waals surface area contributed by atoms with E-state index in [9.17, 15) is 0 Å². The Morgan fingerprint density at radius 2 is 2.15 bits per heavy atom. The molecule has 70 valence electrons. The first-order valence-corrected chi connectivity index (χ1v) is 5.00. The van der Waals surface area contributed by atoms with Crippen LogP contribution in [0.15, 0.2) is 18.2 Å². The summed E-state index contributed by atoms with van der Waals surface area (Å²) in [5, 5.41) is 0. The third-order valence-corrected chi connectivity index (χ3v) is 3.27. The van der Waals surface area contributed by atoms with Crippen molar-refractivity contribution in [3.8, 4) is 0 Å². The van der Waals surface area contributed by atoms with E-state index in [1.807, 2.05) is 0 Å². The van der Waals surface area contributed by atoms with Gasteiger partial charge in [-0.15, -0.1) is 0 Å². The summed E-state index contributed by atoms with van der Waals surface area (Å²) in [6.45, 7) is 5.24. The first kappa shape index (κ1) is 8.76. The Bertz CT molecular complexity index is 317. The topological polar surface area (TPSA) is 26.0 Å². The second kappa shape index (κ2) is 3.15. The maximum absolute atomic E-state index is 5.65. The van der Waals surface area contributed by atoms with Crippen LogP contribution >= 0.6 is 0 Å². The molecular weight excluding hydrogens is 158 g/mol. The predicted octanol–water partition coefficient (Wildman–Crippen LogP) is 2.37. The zero-order valence-corrected chi connectivity index (χ0v) is 8.38. The SMILES string of the molecule is Cc1cccc([C@@H]2C[C@H]2CN)c1C. The van der Waals surface area contributed by atoms with Crippen molar-refractivity contribution in [1.82, 2.24) is 0 Å². The molecule has 0 radical (unpaired) electrons. The molecule has 2 atom stereocenters. The molecule has 0 amide bonds. The molecule has 1 nitrogen and oxygen atoms in total. The van der Waals surface area contributed by atoms with Crippen LogP contribution in [0.3, 0.4) is 0 Å². The molecule has 0 aliphatic heterocycles. The predicted molar refractivity (Wildman–Crippen MR) is 55.8 cm³/mol. The van der Waals surface area contributed by atoms with Crippen molar-refractivity contribution < 1.29 is 0 Å². The standard InChI is InChI=1S/C12H17N/c1-8-4-3-5-11(9(8)2)12-6-10(12)7-13/h3-5,10,12H,6-7,13H2,1-2H3/t10-,12+/m0/s1. The molecule has 13 heavy (non-hydrogen) atoms. The van der Waals surface area contributed by atoms with E-state index < -0.39 is 0 Å². The van der Waals surface area contributed by atoms with E-state index in [0.29, 0.717) is 0 Å². The molecular formula is C12H17N. The molecule has 2 N–H and O–H groups in total. The van der Waals surface area contributed by atoms with Gasteiger partial charge in [0.25, 0.3) is 0 Å². The van der Waals surface area contributed by atoms with E-state index in [2.05, 4.69) is 32.0 Å². The first-order chi connectivity index (χ1) is 6.24. The Labute approximate surface area is 80.0 Å². The van der Waals surface area contributed by atoms with Crippen LogP contribution in [0.1, 0.15) is 29.0 Å². The summed E-state index contributed by atoms with van der Waals surface area (Å²) in [6.07, 6.45) is 1.29. The lowest BCUT2D eigenvalue weighted by Gasteiger charge is -2.07.